The lowest BCUT2D eigenvalue weighted by Crippen LogP contribution is -1.91. The zero-order valence-corrected chi connectivity index (χ0v) is 11.4. The van der Waals surface area contributed by atoms with Gasteiger partial charge >= 0.3 is 0 Å². The molecule has 0 spiro atoms. The maximum atomic E-state index is 6.23. The molecular formula is C13H15Cl2NO. The van der Waals surface area contributed by atoms with E-state index in [1.807, 2.05) is 24.3 Å². The monoisotopic (exact) mass is 271 g/mol. The van der Waals surface area contributed by atoms with Crippen LogP contribution in [0, 0.1) is 0 Å². The third-order valence-corrected chi connectivity index (χ3v) is 2.84. The Morgan fingerprint density at radius 1 is 1.29 bits per heavy atom. The summed E-state index contributed by atoms with van der Waals surface area (Å²) in [4.78, 5) is 4.56. The normalized spacial score (nSPS) is 10.1. The summed E-state index contributed by atoms with van der Waals surface area (Å²) < 4.78 is 5.17. The van der Waals surface area contributed by atoms with Crippen LogP contribution in [0.5, 0.6) is 5.75 Å². The van der Waals surface area contributed by atoms with Crippen molar-refractivity contribution in [2.45, 2.75) is 19.8 Å². The van der Waals surface area contributed by atoms with Gasteiger partial charge in [-0.2, -0.15) is 0 Å². The number of hydrogen-bond donors (Lipinski definition) is 0. The first-order valence-corrected chi connectivity index (χ1v) is 5.75. The van der Waals surface area contributed by atoms with E-state index in [1.54, 1.807) is 7.11 Å². The average Bonchev–Trinajstić information content (AvgIpc) is 2.29. The molecule has 2 aromatic rings. The second kappa shape index (κ2) is 6.08. The number of methoxy groups -OCH3 is 1. The van der Waals surface area contributed by atoms with Gasteiger partial charge in [0, 0.05) is 11.1 Å². The summed E-state index contributed by atoms with van der Waals surface area (Å²) in [6.45, 7) is 2.13. The van der Waals surface area contributed by atoms with Crippen LogP contribution in [0.1, 0.15) is 19.0 Å². The molecule has 1 aromatic carbocycles. The summed E-state index contributed by atoms with van der Waals surface area (Å²) in [6.07, 6.45) is 2.03. The van der Waals surface area contributed by atoms with Crippen molar-refractivity contribution in [2.24, 2.45) is 0 Å². The van der Waals surface area contributed by atoms with Gasteiger partial charge in [-0.1, -0.05) is 24.9 Å². The van der Waals surface area contributed by atoms with E-state index in [1.165, 1.54) is 0 Å². The van der Waals surface area contributed by atoms with E-state index in [4.69, 9.17) is 16.3 Å². The lowest BCUT2D eigenvalue weighted by atomic mass is 10.1. The highest BCUT2D eigenvalue weighted by molar-refractivity contribution is 6.35. The molecule has 0 bridgehead atoms. The largest absolute Gasteiger partial charge is 0.497 e. The molecule has 0 atom stereocenters. The molecule has 0 fully saturated rings. The Bertz CT molecular complexity index is 514. The highest BCUT2D eigenvalue weighted by Crippen LogP contribution is 2.27. The number of nitrogens with zero attached hydrogens (tertiary/aromatic N) is 1. The van der Waals surface area contributed by atoms with Crippen LogP contribution in [0.4, 0.5) is 0 Å². The van der Waals surface area contributed by atoms with Crippen molar-refractivity contribution in [3.05, 3.63) is 35.0 Å². The molecule has 0 radical (unpaired) electrons. The Morgan fingerprint density at radius 3 is 2.71 bits per heavy atom. The molecule has 0 amide bonds. The lowest BCUT2D eigenvalue weighted by molar-refractivity contribution is 0.415. The van der Waals surface area contributed by atoms with Crippen LogP contribution in [0.2, 0.25) is 5.02 Å². The molecular weight excluding hydrogens is 257 g/mol. The van der Waals surface area contributed by atoms with E-state index in [9.17, 15) is 0 Å². The van der Waals surface area contributed by atoms with Crippen LogP contribution >= 0.6 is 24.0 Å². The van der Waals surface area contributed by atoms with Gasteiger partial charge in [0.1, 0.15) is 5.75 Å². The van der Waals surface area contributed by atoms with Gasteiger partial charge < -0.3 is 4.74 Å². The van der Waals surface area contributed by atoms with Gasteiger partial charge in [0.2, 0.25) is 0 Å². The van der Waals surface area contributed by atoms with E-state index in [2.05, 4.69) is 11.9 Å². The van der Waals surface area contributed by atoms with Crippen LogP contribution < -0.4 is 4.74 Å². The molecule has 2 nitrogen and oxygen atoms in total. The minimum Gasteiger partial charge on any atom is -0.497 e. The van der Waals surface area contributed by atoms with Crippen molar-refractivity contribution in [3.63, 3.8) is 0 Å². The minimum absolute atomic E-state index is 0. The van der Waals surface area contributed by atoms with Crippen molar-refractivity contribution in [3.8, 4) is 5.75 Å². The van der Waals surface area contributed by atoms with Crippen molar-refractivity contribution in [1.82, 2.24) is 4.98 Å². The Balaban J connectivity index is 0.00000144. The van der Waals surface area contributed by atoms with E-state index >= 15 is 0 Å². The van der Waals surface area contributed by atoms with Gasteiger partial charge in [0.05, 0.1) is 17.6 Å². The third kappa shape index (κ3) is 3.02. The number of aryl methyl sites for hydroxylation is 1. The molecule has 4 heteroatoms. The summed E-state index contributed by atoms with van der Waals surface area (Å²) in [6, 6.07) is 7.70. The van der Waals surface area contributed by atoms with E-state index in [-0.39, 0.29) is 12.4 Å². The Morgan fingerprint density at radius 2 is 2.06 bits per heavy atom. The standard InChI is InChI=1S/C13H14ClNO.ClH/c1-3-4-9-7-12(14)11-8-10(16-2)5-6-13(11)15-9;/h5-8H,3-4H2,1-2H3;1H. The number of rotatable bonds is 3. The van der Waals surface area contributed by atoms with Gasteiger partial charge in [-0.05, 0) is 30.7 Å². The molecule has 1 aromatic heterocycles. The van der Waals surface area contributed by atoms with Crippen LogP contribution in [0.25, 0.3) is 10.9 Å². The SMILES string of the molecule is CCCc1cc(Cl)c2cc(OC)ccc2n1.Cl. The van der Waals surface area contributed by atoms with Gasteiger partial charge in [-0.15, -0.1) is 12.4 Å². The number of benzene rings is 1. The molecule has 2 rings (SSSR count). The minimum atomic E-state index is 0. The summed E-state index contributed by atoms with van der Waals surface area (Å²) in [5, 5.41) is 1.69. The summed E-state index contributed by atoms with van der Waals surface area (Å²) in [5.74, 6) is 0.805. The number of ether oxygens (including phenoxy) is 1. The first kappa shape index (κ1) is 14.1. The fraction of sp³-hybridized carbons (Fsp3) is 0.308. The first-order chi connectivity index (χ1) is 7.74. The second-order valence-electron chi connectivity index (χ2n) is 3.73. The summed E-state index contributed by atoms with van der Waals surface area (Å²) in [7, 11) is 1.65. The van der Waals surface area contributed by atoms with Gasteiger partial charge in [0.25, 0.3) is 0 Å². The number of fused-ring (bicyclic) bond motifs is 1. The number of aromatic nitrogens is 1. The van der Waals surface area contributed by atoms with Crippen LogP contribution in [-0.4, -0.2) is 12.1 Å². The molecule has 92 valence electrons. The van der Waals surface area contributed by atoms with Crippen molar-refractivity contribution >= 4 is 34.9 Å². The Labute approximate surface area is 112 Å². The molecule has 0 saturated heterocycles. The molecule has 0 saturated carbocycles. The maximum Gasteiger partial charge on any atom is 0.119 e. The topological polar surface area (TPSA) is 22.1 Å². The van der Waals surface area contributed by atoms with Crippen molar-refractivity contribution in [2.75, 3.05) is 7.11 Å². The van der Waals surface area contributed by atoms with Crippen molar-refractivity contribution < 1.29 is 4.74 Å². The molecule has 0 unspecified atom stereocenters. The van der Waals surface area contributed by atoms with E-state index in [0.717, 1.165) is 40.2 Å². The predicted octanol–water partition coefficient (Wildman–Crippen LogP) is 4.27. The first-order valence-electron chi connectivity index (χ1n) is 5.37. The zero-order valence-electron chi connectivity index (χ0n) is 9.87. The van der Waals surface area contributed by atoms with Crippen LogP contribution in [0.3, 0.4) is 0 Å². The Hall–Kier alpha value is -0.990. The lowest BCUT2D eigenvalue weighted by Gasteiger charge is -2.06. The molecule has 0 N–H and O–H groups in total. The van der Waals surface area contributed by atoms with E-state index in [0.29, 0.717) is 0 Å². The Kier molecular flexibility index (Phi) is 5.03. The smallest absolute Gasteiger partial charge is 0.119 e. The van der Waals surface area contributed by atoms with Gasteiger partial charge in [-0.25, -0.2) is 0 Å². The summed E-state index contributed by atoms with van der Waals surface area (Å²) >= 11 is 6.23. The molecule has 17 heavy (non-hydrogen) atoms. The van der Waals surface area contributed by atoms with Gasteiger partial charge in [-0.3, -0.25) is 4.98 Å². The highest BCUT2D eigenvalue weighted by Gasteiger charge is 2.05. The van der Waals surface area contributed by atoms with Crippen molar-refractivity contribution in [1.29, 1.82) is 0 Å². The fourth-order valence-corrected chi connectivity index (χ4v) is 2.00. The summed E-state index contributed by atoms with van der Waals surface area (Å²) in [5.41, 5.74) is 1.97. The van der Waals surface area contributed by atoms with E-state index < -0.39 is 0 Å². The maximum absolute atomic E-state index is 6.23. The molecule has 1 heterocycles. The van der Waals surface area contributed by atoms with Gasteiger partial charge in [0.15, 0.2) is 0 Å². The average molecular weight is 272 g/mol. The highest BCUT2D eigenvalue weighted by atomic mass is 35.5. The second-order valence-corrected chi connectivity index (χ2v) is 4.14. The molecule has 0 aliphatic carbocycles. The quantitative estimate of drug-likeness (QED) is 0.832. The number of hydrogen-bond acceptors (Lipinski definition) is 2. The number of halogens is 2. The fourth-order valence-electron chi connectivity index (χ4n) is 1.73. The number of pyridine rings is 1. The molecule has 0 aliphatic rings. The van der Waals surface area contributed by atoms with Crippen LogP contribution in [-0.2, 0) is 6.42 Å². The third-order valence-electron chi connectivity index (χ3n) is 2.52. The zero-order chi connectivity index (χ0) is 11.5. The predicted molar refractivity (Wildman–Crippen MR) is 74.5 cm³/mol. The molecule has 0 aliphatic heterocycles. The van der Waals surface area contributed by atoms with Crippen LogP contribution in [0.15, 0.2) is 24.3 Å².